The summed E-state index contributed by atoms with van der Waals surface area (Å²) in [5.41, 5.74) is 4.42. The van der Waals surface area contributed by atoms with Crippen molar-refractivity contribution in [2.24, 2.45) is 5.92 Å². The van der Waals surface area contributed by atoms with Crippen LogP contribution in [-0.2, 0) is 0 Å². The molecule has 5 heterocycles. The molecule has 0 aliphatic carbocycles. The van der Waals surface area contributed by atoms with E-state index < -0.39 is 0 Å². The highest BCUT2D eigenvalue weighted by Crippen LogP contribution is 2.46. The molecule has 5 heteroatoms. The molecule has 0 spiro atoms. The van der Waals surface area contributed by atoms with Crippen molar-refractivity contribution in [3.05, 3.63) is 84.7 Å². The van der Waals surface area contributed by atoms with E-state index in [0.717, 1.165) is 30.9 Å². The number of likely N-dealkylation sites (tertiary alicyclic amines) is 1. The second-order valence-electron chi connectivity index (χ2n) is 9.27. The van der Waals surface area contributed by atoms with Crippen molar-refractivity contribution in [3.63, 3.8) is 0 Å². The molecule has 4 aliphatic heterocycles. The Hall–Kier alpha value is -3.18. The third kappa shape index (κ3) is 3.37. The van der Waals surface area contributed by atoms with E-state index in [1.54, 1.807) is 0 Å². The van der Waals surface area contributed by atoms with Crippen LogP contribution in [0.1, 0.15) is 24.3 Å². The number of rotatable bonds is 3. The van der Waals surface area contributed by atoms with Gasteiger partial charge in [-0.3, -0.25) is 9.88 Å². The van der Waals surface area contributed by atoms with Gasteiger partial charge in [0.15, 0.2) is 0 Å². The number of hydrogen-bond donors (Lipinski definition) is 1. The number of amides is 2. The van der Waals surface area contributed by atoms with Crippen LogP contribution in [0.2, 0.25) is 0 Å². The summed E-state index contributed by atoms with van der Waals surface area (Å²) in [6, 6.07) is 23.3. The molecule has 3 aromatic rings. The average molecular weight is 425 g/mol. The van der Waals surface area contributed by atoms with E-state index in [1.807, 2.05) is 48.8 Å². The Kier molecular flexibility index (Phi) is 4.91. The lowest BCUT2D eigenvalue weighted by molar-refractivity contribution is 0.00493. The van der Waals surface area contributed by atoms with Gasteiger partial charge in [0.1, 0.15) is 0 Å². The molecular weight excluding hydrogens is 396 g/mol. The van der Waals surface area contributed by atoms with Crippen LogP contribution in [0.25, 0.3) is 11.1 Å². The van der Waals surface area contributed by atoms with Gasteiger partial charge in [-0.15, -0.1) is 0 Å². The fraction of sp³-hybridized carbons (Fsp3) is 0.333. The van der Waals surface area contributed by atoms with Gasteiger partial charge < -0.3 is 10.2 Å². The van der Waals surface area contributed by atoms with Crippen LogP contribution in [0.15, 0.2) is 79.1 Å². The molecule has 4 fully saturated rings. The highest BCUT2D eigenvalue weighted by molar-refractivity contribution is 5.90. The minimum atomic E-state index is 0.0209. The summed E-state index contributed by atoms with van der Waals surface area (Å²) >= 11 is 0. The minimum Gasteiger partial charge on any atom is -0.319 e. The predicted molar refractivity (Wildman–Crippen MR) is 126 cm³/mol. The monoisotopic (exact) mass is 424 g/mol. The number of piperidine rings is 3. The smallest absolute Gasteiger partial charge is 0.319 e. The molecule has 5 nitrogen and oxygen atoms in total. The summed E-state index contributed by atoms with van der Waals surface area (Å²) in [4.78, 5) is 22.6. The van der Waals surface area contributed by atoms with E-state index >= 15 is 0 Å². The molecule has 1 N–H and O–H groups in total. The molecule has 4 saturated heterocycles. The van der Waals surface area contributed by atoms with E-state index in [4.69, 9.17) is 0 Å². The number of nitrogens with zero attached hydrogens (tertiary/aromatic N) is 3. The Labute approximate surface area is 189 Å². The zero-order valence-electron chi connectivity index (χ0n) is 18.1. The summed E-state index contributed by atoms with van der Waals surface area (Å²) in [6.07, 6.45) is 6.19. The quantitative estimate of drug-likeness (QED) is 0.654. The second-order valence-corrected chi connectivity index (χ2v) is 9.27. The van der Waals surface area contributed by atoms with Gasteiger partial charge in [-0.1, -0.05) is 48.5 Å². The van der Waals surface area contributed by atoms with Crippen molar-refractivity contribution in [2.75, 3.05) is 25.0 Å². The summed E-state index contributed by atoms with van der Waals surface area (Å²) in [5, 5.41) is 3.18. The molecule has 2 aromatic carbocycles. The minimum absolute atomic E-state index is 0.0209. The molecule has 3 atom stereocenters. The van der Waals surface area contributed by atoms with Crippen LogP contribution in [-0.4, -0.2) is 52.5 Å². The first-order chi connectivity index (χ1) is 15.8. The molecule has 3 unspecified atom stereocenters. The average Bonchev–Trinajstić information content (AvgIpc) is 3.30. The maximum atomic E-state index is 13.5. The predicted octanol–water partition coefficient (Wildman–Crippen LogP) is 4.84. The fourth-order valence-corrected chi connectivity index (χ4v) is 6.11. The van der Waals surface area contributed by atoms with Gasteiger partial charge in [0.25, 0.3) is 0 Å². The number of carbonyl (C=O) groups is 1. The van der Waals surface area contributed by atoms with Crippen LogP contribution < -0.4 is 5.32 Å². The third-order valence-electron chi connectivity index (χ3n) is 7.61. The number of pyridine rings is 1. The van der Waals surface area contributed by atoms with Gasteiger partial charge in [-0.05, 0) is 66.7 Å². The molecule has 4 aliphatic rings. The zero-order chi connectivity index (χ0) is 21.5. The summed E-state index contributed by atoms with van der Waals surface area (Å²) in [5.74, 6) is 0.917. The Morgan fingerprint density at radius 2 is 1.62 bits per heavy atom. The SMILES string of the molecule is O=C(Nc1ccc(-c2ccccc2)cc1)N1CC(c2cccnc2)C2C1C1CCN2CC1. The number of aromatic nitrogens is 1. The molecular formula is C27H28N4O. The van der Waals surface area contributed by atoms with Gasteiger partial charge in [-0.2, -0.15) is 0 Å². The number of fused-ring (bicyclic) bond motifs is 2. The Morgan fingerprint density at radius 1 is 0.875 bits per heavy atom. The molecule has 32 heavy (non-hydrogen) atoms. The topological polar surface area (TPSA) is 48.5 Å². The van der Waals surface area contributed by atoms with Crippen molar-refractivity contribution in [3.8, 4) is 11.1 Å². The Balaban J connectivity index is 1.23. The van der Waals surface area contributed by atoms with E-state index in [9.17, 15) is 4.79 Å². The zero-order valence-corrected chi connectivity index (χ0v) is 18.1. The van der Waals surface area contributed by atoms with Crippen molar-refractivity contribution in [1.29, 1.82) is 0 Å². The van der Waals surface area contributed by atoms with Crippen LogP contribution in [0.5, 0.6) is 0 Å². The van der Waals surface area contributed by atoms with E-state index in [2.05, 4.69) is 50.4 Å². The molecule has 2 amide bonds. The molecule has 162 valence electrons. The molecule has 2 bridgehead atoms. The lowest BCUT2D eigenvalue weighted by Crippen LogP contribution is -2.61. The maximum Gasteiger partial charge on any atom is 0.322 e. The van der Waals surface area contributed by atoms with E-state index in [1.165, 1.54) is 24.0 Å². The summed E-state index contributed by atoms with van der Waals surface area (Å²) < 4.78 is 0. The van der Waals surface area contributed by atoms with Crippen LogP contribution in [0.3, 0.4) is 0 Å². The Bertz CT molecular complexity index is 1080. The highest BCUT2D eigenvalue weighted by atomic mass is 16.2. The first-order valence-corrected chi connectivity index (χ1v) is 11.6. The number of hydrogen-bond acceptors (Lipinski definition) is 3. The number of anilines is 1. The third-order valence-corrected chi connectivity index (χ3v) is 7.61. The van der Waals surface area contributed by atoms with E-state index in [0.29, 0.717) is 17.9 Å². The molecule has 1 aromatic heterocycles. The fourth-order valence-electron chi connectivity index (χ4n) is 6.11. The standard InChI is InChI=1S/C27H28N4O/c32-27(29-23-10-8-20(9-11-23)19-5-2-1-3-6-19)31-18-24(22-7-4-14-28-17-22)26-25(31)21-12-15-30(26)16-13-21/h1-11,14,17,21,24-26H,12-13,15-16,18H2,(H,29,32). The van der Waals surface area contributed by atoms with Crippen LogP contribution in [0.4, 0.5) is 10.5 Å². The number of carbonyl (C=O) groups excluding carboxylic acids is 1. The Morgan fingerprint density at radius 3 is 2.34 bits per heavy atom. The van der Waals surface area contributed by atoms with E-state index in [-0.39, 0.29) is 12.1 Å². The molecule has 7 rings (SSSR count). The number of nitrogens with one attached hydrogen (secondary N) is 1. The van der Waals surface area contributed by atoms with Gasteiger partial charge in [-0.25, -0.2) is 4.79 Å². The number of benzene rings is 2. The van der Waals surface area contributed by atoms with Crippen molar-refractivity contribution in [2.45, 2.75) is 30.8 Å². The first kappa shape index (κ1) is 19.5. The lowest BCUT2D eigenvalue weighted by atomic mass is 9.75. The van der Waals surface area contributed by atoms with Crippen molar-refractivity contribution in [1.82, 2.24) is 14.8 Å². The molecule has 0 radical (unpaired) electrons. The van der Waals surface area contributed by atoms with Crippen LogP contribution in [0, 0.1) is 5.92 Å². The lowest BCUT2D eigenvalue weighted by Gasteiger charge is -2.51. The highest BCUT2D eigenvalue weighted by Gasteiger charge is 2.54. The van der Waals surface area contributed by atoms with Crippen molar-refractivity contribution >= 4 is 11.7 Å². The maximum absolute atomic E-state index is 13.5. The summed E-state index contributed by atoms with van der Waals surface area (Å²) in [7, 11) is 0. The van der Waals surface area contributed by atoms with Crippen LogP contribution >= 0.6 is 0 Å². The molecule has 0 saturated carbocycles. The summed E-state index contributed by atoms with van der Waals surface area (Å²) in [6.45, 7) is 3.06. The van der Waals surface area contributed by atoms with Gasteiger partial charge in [0, 0.05) is 36.6 Å². The van der Waals surface area contributed by atoms with Gasteiger partial charge in [0.2, 0.25) is 0 Å². The first-order valence-electron chi connectivity index (χ1n) is 11.6. The normalized spacial score (nSPS) is 28.4. The van der Waals surface area contributed by atoms with Gasteiger partial charge in [0.05, 0.1) is 6.04 Å². The van der Waals surface area contributed by atoms with Gasteiger partial charge >= 0.3 is 6.03 Å². The number of urea groups is 1. The largest absolute Gasteiger partial charge is 0.322 e. The second kappa shape index (κ2) is 8.06. The van der Waals surface area contributed by atoms with Crippen molar-refractivity contribution < 1.29 is 4.79 Å².